The van der Waals surface area contributed by atoms with Crippen LogP contribution in [-0.2, 0) is 0 Å². The highest BCUT2D eigenvalue weighted by molar-refractivity contribution is 9.10. The second-order valence-electron chi connectivity index (χ2n) is 5.25. The van der Waals surface area contributed by atoms with E-state index >= 15 is 0 Å². The number of benzene rings is 1. The van der Waals surface area contributed by atoms with Crippen molar-refractivity contribution in [3.63, 3.8) is 0 Å². The van der Waals surface area contributed by atoms with E-state index in [1.165, 1.54) is 0 Å². The average Bonchev–Trinajstić information content (AvgIpc) is 2.25. The Bertz CT molecular complexity index is 450. The van der Waals surface area contributed by atoms with Crippen molar-refractivity contribution >= 4 is 21.6 Å². The minimum Gasteiger partial charge on any atom is -0.388 e. The molecule has 3 nitrogen and oxygen atoms in total. The average molecular weight is 311 g/mol. The van der Waals surface area contributed by atoms with Gasteiger partial charge in [0, 0.05) is 16.7 Å². The highest BCUT2D eigenvalue weighted by atomic mass is 79.9. The molecule has 0 aromatic heterocycles. The zero-order valence-electron chi connectivity index (χ0n) is 11.0. The van der Waals surface area contributed by atoms with Crippen molar-refractivity contribution in [2.24, 2.45) is 5.92 Å². The number of aliphatic hydroxyl groups is 1. The van der Waals surface area contributed by atoms with Crippen LogP contribution in [0.2, 0.25) is 0 Å². The van der Waals surface area contributed by atoms with Crippen LogP contribution in [0, 0.1) is 17.2 Å². The molecule has 0 bridgehead atoms. The van der Waals surface area contributed by atoms with Crippen molar-refractivity contribution < 1.29 is 5.11 Å². The van der Waals surface area contributed by atoms with E-state index in [4.69, 9.17) is 5.26 Å². The zero-order chi connectivity index (χ0) is 13.8. The molecule has 18 heavy (non-hydrogen) atoms. The van der Waals surface area contributed by atoms with Crippen LogP contribution in [0.5, 0.6) is 0 Å². The Hall–Kier alpha value is -1.05. The number of halogens is 1. The fraction of sp³-hybridized carbons (Fsp3) is 0.500. The molecular formula is C14H19BrN2O. The van der Waals surface area contributed by atoms with E-state index in [-0.39, 0.29) is 0 Å². The Kier molecular flexibility index (Phi) is 5.18. The van der Waals surface area contributed by atoms with Crippen LogP contribution in [0.4, 0.5) is 5.69 Å². The Morgan fingerprint density at radius 1 is 1.50 bits per heavy atom. The molecule has 0 aliphatic rings. The van der Waals surface area contributed by atoms with Crippen molar-refractivity contribution in [2.75, 3.05) is 11.9 Å². The fourth-order valence-corrected chi connectivity index (χ4v) is 2.43. The Morgan fingerprint density at radius 2 is 2.17 bits per heavy atom. The Balaban J connectivity index is 2.64. The van der Waals surface area contributed by atoms with Gasteiger partial charge in [-0.3, -0.25) is 0 Å². The number of hydrogen-bond donors (Lipinski definition) is 2. The van der Waals surface area contributed by atoms with E-state index in [1.807, 2.05) is 19.1 Å². The van der Waals surface area contributed by atoms with Crippen LogP contribution >= 0.6 is 15.9 Å². The lowest BCUT2D eigenvalue weighted by Gasteiger charge is -2.26. The molecule has 0 saturated carbocycles. The normalized spacial score (nSPS) is 14.1. The van der Waals surface area contributed by atoms with Crippen LogP contribution in [0.15, 0.2) is 22.7 Å². The minimum atomic E-state index is -0.728. The summed E-state index contributed by atoms with van der Waals surface area (Å²) in [5, 5.41) is 22.2. The summed E-state index contributed by atoms with van der Waals surface area (Å²) in [7, 11) is 0. The molecule has 0 amide bonds. The molecule has 0 spiro atoms. The molecule has 1 aromatic rings. The molecule has 1 unspecified atom stereocenters. The van der Waals surface area contributed by atoms with Gasteiger partial charge in [0.05, 0.1) is 11.2 Å². The van der Waals surface area contributed by atoms with Gasteiger partial charge in [0.2, 0.25) is 0 Å². The van der Waals surface area contributed by atoms with Gasteiger partial charge in [0.15, 0.2) is 0 Å². The van der Waals surface area contributed by atoms with Gasteiger partial charge in [0.25, 0.3) is 0 Å². The molecule has 1 rings (SSSR count). The first-order valence-electron chi connectivity index (χ1n) is 6.00. The molecule has 0 aliphatic heterocycles. The van der Waals surface area contributed by atoms with Gasteiger partial charge in [-0.1, -0.05) is 13.8 Å². The van der Waals surface area contributed by atoms with Crippen molar-refractivity contribution in [1.29, 1.82) is 5.26 Å². The third-order valence-corrected chi connectivity index (χ3v) is 3.27. The predicted octanol–water partition coefficient (Wildman–Crippen LogP) is 3.53. The summed E-state index contributed by atoms with van der Waals surface area (Å²) in [4.78, 5) is 0. The summed E-state index contributed by atoms with van der Waals surface area (Å²) in [6, 6.07) is 7.54. The lowest BCUT2D eigenvalue weighted by molar-refractivity contribution is 0.0515. The zero-order valence-corrected chi connectivity index (χ0v) is 12.6. The maximum atomic E-state index is 10.2. The number of nitrogens with one attached hydrogen (secondary N) is 1. The van der Waals surface area contributed by atoms with Gasteiger partial charge in [0.1, 0.15) is 6.07 Å². The van der Waals surface area contributed by atoms with E-state index in [9.17, 15) is 5.11 Å². The topological polar surface area (TPSA) is 56.0 Å². The van der Waals surface area contributed by atoms with E-state index in [0.717, 1.165) is 16.6 Å². The van der Waals surface area contributed by atoms with Gasteiger partial charge in [-0.2, -0.15) is 5.26 Å². The first kappa shape index (κ1) is 15.0. The van der Waals surface area contributed by atoms with E-state index < -0.39 is 5.60 Å². The van der Waals surface area contributed by atoms with Crippen molar-refractivity contribution in [1.82, 2.24) is 0 Å². The summed E-state index contributed by atoms with van der Waals surface area (Å²) < 4.78 is 0.763. The lowest BCUT2D eigenvalue weighted by atomic mass is 9.94. The molecule has 0 heterocycles. The second-order valence-corrected chi connectivity index (χ2v) is 6.11. The van der Waals surface area contributed by atoms with Crippen LogP contribution in [-0.4, -0.2) is 17.3 Å². The number of rotatable bonds is 5. The largest absolute Gasteiger partial charge is 0.388 e. The summed E-state index contributed by atoms with van der Waals surface area (Å²) in [6.45, 7) is 6.50. The number of nitriles is 1. The van der Waals surface area contributed by atoms with E-state index in [0.29, 0.717) is 18.0 Å². The van der Waals surface area contributed by atoms with Gasteiger partial charge < -0.3 is 10.4 Å². The third-order valence-electron chi connectivity index (χ3n) is 2.61. The van der Waals surface area contributed by atoms with Gasteiger partial charge in [-0.25, -0.2) is 0 Å². The monoisotopic (exact) mass is 310 g/mol. The summed E-state index contributed by atoms with van der Waals surface area (Å²) >= 11 is 3.34. The number of hydrogen-bond acceptors (Lipinski definition) is 3. The van der Waals surface area contributed by atoms with Crippen molar-refractivity contribution in [3.05, 3.63) is 28.2 Å². The molecular weight excluding hydrogens is 292 g/mol. The Morgan fingerprint density at radius 3 is 2.67 bits per heavy atom. The van der Waals surface area contributed by atoms with Crippen LogP contribution in [0.3, 0.4) is 0 Å². The number of nitrogens with zero attached hydrogens (tertiary/aromatic N) is 1. The number of anilines is 1. The van der Waals surface area contributed by atoms with Gasteiger partial charge in [-0.05, 0) is 53.4 Å². The van der Waals surface area contributed by atoms with Crippen LogP contribution in [0.25, 0.3) is 0 Å². The lowest BCUT2D eigenvalue weighted by Crippen LogP contribution is -2.34. The van der Waals surface area contributed by atoms with Crippen LogP contribution < -0.4 is 5.32 Å². The van der Waals surface area contributed by atoms with Crippen molar-refractivity contribution in [3.8, 4) is 6.07 Å². The molecule has 0 saturated heterocycles. The van der Waals surface area contributed by atoms with E-state index in [2.05, 4.69) is 41.2 Å². The molecule has 1 aromatic carbocycles. The standard InChI is InChI=1S/C14H19BrN2O/c1-10(2)7-14(3,18)9-17-12-5-4-11(8-16)13(15)6-12/h4-6,10,17-18H,7,9H2,1-3H3. The molecule has 1 atom stereocenters. The van der Waals surface area contributed by atoms with E-state index in [1.54, 1.807) is 6.07 Å². The SMILES string of the molecule is CC(C)CC(C)(O)CNc1ccc(C#N)c(Br)c1. The maximum Gasteiger partial charge on any atom is 0.100 e. The summed E-state index contributed by atoms with van der Waals surface area (Å²) in [5.74, 6) is 0.453. The summed E-state index contributed by atoms with van der Waals surface area (Å²) in [6.07, 6.45) is 0.747. The molecule has 0 fully saturated rings. The van der Waals surface area contributed by atoms with Gasteiger partial charge in [-0.15, -0.1) is 0 Å². The third kappa shape index (κ3) is 4.67. The van der Waals surface area contributed by atoms with Crippen LogP contribution in [0.1, 0.15) is 32.8 Å². The highest BCUT2D eigenvalue weighted by Gasteiger charge is 2.21. The van der Waals surface area contributed by atoms with Gasteiger partial charge >= 0.3 is 0 Å². The maximum absolute atomic E-state index is 10.2. The first-order valence-corrected chi connectivity index (χ1v) is 6.79. The molecule has 4 heteroatoms. The second kappa shape index (κ2) is 6.21. The Labute approximate surface area is 117 Å². The minimum absolute atomic E-state index is 0.453. The molecule has 0 radical (unpaired) electrons. The summed E-state index contributed by atoms with van der Waals surface area (Å²) in [5.41, 5.74) is 0.772. The quantitative estimate of drug-likeness (QED) is 0.874. The molecule has 98 valence electrons. The highest BCUT2D eigenvalue weighted by Crippen LogP contribution is 2.22. The predicted molar refractivity (Wildman–Crippen MR) is 77.4 cm³/mol. The fourth-order valence-electron chi connectivity index (χ4n) is 1.96. The molecule has 0 aliphatic carbocycles. The smallest absolute Gasteiger partial charge is 0.100 e. The van der Waals surface area contributed by atoms with Crippen molar-refractivity contribution in [2.45, 2.75) is 32.8 Å². The molecule has 2 N–H and O–H groups in total. The first-order chi connectivity index (χ1) is 8.34.